The molecule has 0 atom stereocenters. The Hall–Kier alpha value is -2.90. The Morgan fingerprint density at radius 3 is 2.70 bits per heavy atom. The summed E-state index contributed by atoms with van der Waals surface area (Å²) in [7, 11) is 2.68. The van der Waals surface area contributed by atoms with E-state index in [1.54, 1.807) is 6.92 Å². The first-order valence-corrected chi connectivity index (χ1v) is 6.75. The topological polar surface area (TPSA) is 99.4 Å². The van der Waals surface area contributed by atoms with Gasteiger partial charge in [0.25, 0.3) is 0 Å². The third-order valence-corrected chi connectivity index (χ3v) is 3.22. The van der Waals surface area contributed by atoms with Gasteiger partial charge in [0.1, 0.15) is 5.82 Å². The first kappa shape index (κ1) is 16.5. The normalized spacial score (nSPS) is 10.3. The molecule has 0 radical (unpaired) electrons. The van der Waals surface area contributed by atoms with Crippen LogP contribution in [0.2, 0.25) is 0 Å². The van der Waals surface area contributed by atoms with Crippen LogP contribution in [0.1, 0.15) is 21.6 Å². The maximum Gasteiger partial charge on any atom is 0.337 e. The van der Waals surface area contributed by atoms with Crippen molar-refractivity contribution in [3.63, 3.8) is 0 Å². The molecular formula is C15H17FN4O3. The number of nitrogens with one attached hydrogen (secondary N) is 1. The number of aryl methyl sites for hydroxylation is 1. The van der Waals surface area contributed by atoms with Crippen LogP contribution in [0.15, 0.2) is 18.2 Å². The molecule has 0 saturated carbocycles. The number of hydrogen-bond acceptors (Lipinski definition) is 7. The van der Waals surface area contributed by atoms with Crippen LogP contribution in [0.25, 0.3) is 0 Å². The summed E-state index contributed by atoms with van der Waals surface area (Å²) in [5.74, 6) is -0.772. The van der Waals surface area contributed by atoms with E-state index in [4.69, 9.17) is 10.5 Å². The molecule has 0 bridgehead atoms. The van der Waals surface area contributed by atoms with Crippen LogP contribution in [0.5, 0.6) is 6.01 Å². The van der Waals surface area contributed by atoms with Gasteiger partial charge in [-0.25, -0.2) is 9.18 Å². The van der Waals surface area contributed by atoms with E-state index in [0.29, 0.717) is 22.8 Å². The van der Waals surface area contributed by atoms with E-state index in [1.807, 2.05) is 0 Å². The third kappa shape index (κ3) is 3.65. The highest BCUT2D eigenvalue weighted by Crippen LogP contribution is 2.22. The summed E-state index contributed by atoms with van der Waals surface area (Å²) in [6.07, 6.45) is 0. The number of carbonyl (C=O) groups is 1. The van der Waals surface area contributed by atoms with E-state index in [1.165, 1.54) is 26.4 Å². The van der Waals surface area contributed by atoms with Crippen molar-refractivity contribution in [3.05, 3.63) is 40.8 Å². The molecule has 0 aliphatic rings. The van der Waals surface area contributed by atoms with Crippen molar-refractivity contribution in [1.82, 2.24) is 9.97 Å². The second-order valence-corrected chi connectivity index (χ2v) is 4.71. The Morgan fingerprint density at radius 2 is 2.09 bits per heavy atom. The first-order valence-electron chi connectivity index (χ1n) is 6.75. The zero-order chi connectivity index (χ0) is 17.0. The molecule has 2 rings (SSSR count). The average Bonchev–Trinajstić information content (AvgIpc) is 2.56. The second kappa shape index (κ2) is 6.91. The van der Waals surface area contributed by atoms with Crippen LogP contribution in [-0.2, 0) is 11.3 Å². The molecule has 0 fully saturated rings. The SMILES string of the molecule is COC(=O)c1ccc(CNc2nc(OC)nc(C)c2N)c(F)c1. The average molecular weight is 320 g/mol. The molecule has 23 heavy (non-hydrogen) atoms. The molecule has 1 aromatic heterocycles. The highest BCUT2D eigenvalue weighted by molar-refractivity contribution is 5.89. The van der Waals surface area contributed by atoms with Crippen molar-refractivity contribution in [2.24, 2.45) is 0 Å². The summed E-state index contributed by atoms with van der Waals surface area (Å²) in [6.45, 7) is 1.85. The van der Waals surface area contributed by atoms with Crippen molar-refractivity contribution >= 4 is 17.5 Å². The van der Waals surface area contributed by atoms with Crippen LogP contribution >= 0.6 is 0 Å². The number of nitrogens with zero attached hydrogens (tertiary/aromatic N) is 2. The second-order valence-electron chi connectivity index (χ2n) is 4.71. The van der Waals surface area contributed by atoms with E-state index in [0.717, 1.165) is 6.07 Å². The highest BCUT2D eigenvalue weighted by Gasteiger charge is 2.12. The minimum atomic E-state index is -0.594. The number of hydrogen-bond donors (Lipinski definition) is 2. The highest BCUT2D eigenvalue weighted by atomic mass is 19.1. The molecular weight excluding hydrogens is 303 g/mol. The minimum absolute atomic E-state index is 0.136. The Bertz CT molecular complexity index is 737. The molecule has 0 unspecified atom stereocenters. The lowest BCUT2D eigenvalue weighted by Crippen LogP contribution is -2.10. The zero-order valence-corrected chi connectivity index (χ0v) is 13.0. The van der Waals surface area contributed by atoms with E-state index < -0.39 is 11.8 Å². The minimum Gasteiger partial charge on any atom is -0.467 e. The van der Waals surface area contributed by atoms with Gasteiger partial charge in [0.15, 0.2) is 5.82 Å². The van der Waals surface area contributed by atoms with Crippen molar-refractivity contribution in [2.75, 3.05) is 25.3 Å². The number of carbonyl (C=O) groups excluding carboxylic acids is 1. The van der Waals surface area contributed by atoms with E-state index in [-0.39, 0.29) is 18.1 Å². The summed E-state index contributed by atoms with van der Waals surface area (Å²) >= 11 is 0. The summed E-state index contributed by atoms with van der Waals surface area (Å²) in [4.78, 5) is 19.5. The van der Waals surface area contributed by atoms with Gasteiger partial charge in [0, 0.05) is 12.1 Å². The Kier molecular flexibility index (Phi) is 4.95. The molecule has 0 saturated heterocycles. The van der Waals surface area contributed by atoms with Gasteiger partial charge in [-0.3, -0.25) is 0 Å². The van der Waals surface area contributed by atoms with Gasteiger partial charge < -0.3 is 20.5 Å². The number of rotatable bonds is 5. The summed E-state index contributed by atoms with van der Waals surface area (Å²) in [5, 5.41) is 2.94. The number of nitrogen functional groups attached to an aromatic ring is 1. The fourth-order valence-electron chi connectivity index (χ4n) is 1.90. The maximum atomic E-state index is 14.0. The molecule has 1 aromatic carbocycles. The standard InChI is InChI=1S/C15H17FN4O3/c1-8-12(17)13(20-15(19-8)23-3)18-7-10-5-4-9(6-11(10)16)14(21)22-2/h4-6H,7,17H2,1-3H3,(H,18,19,20). The fourth-order valence-corrected chi connectivity index (χ4v) is 1.90. The maximum absolute atomic E-state index is 14.0. The smallest absolute Gasteiger partial charge is 0.337 e. The molecule has 0 aliphatic heterocycles. The van der Waals surface area contributed by atoms with E-state index >= 15 is 0 Å². The number of esters is 1. The van der Waals surface area contributed by atoms with Crippen molar-refractivity contribution in [1.29, 1.82) is 0 Å². The van der Waals surface area contributed by atoms with Gasteiger partial charge in [0.05, 0.1) is 31.2 Å². The van der Waals surface area contributed by atoms with Gasteiger partial charge in [-0.1, -0.05) is 6.07 Å². The largest absolute Gasteiger partial charge is 0.467 e. The van der Waals surface area contributed by atoms with Gasteiger partial charge in [0.2, 0.25) is 0 Å². The number of halogens is 1. The van der Waals surface area contributed by atoms with E-state index in [2.05, 4.69) is 20.0 Å². The van der Waals surface area contributed by atoms with Crippen LogP contribution in [0.3, 0.4) is 0 Å². The first-order chi connectivity index (χ1) is 11.0. The summed E-state index contributed by atoms with van der Waals surface area (Å²) in [5.41, 5.74) is 7.31. The fraction of sp³-hybridized carbons (Fsp3) is 0.267. The predicted octanol–water partition coefficient (Wildman–Crippen LogP) is 1.91. The zero-order valence-electron chi connectivity index (χ0n) is 13.0. The molecule has 3 N–H and O–H groups in total. The molecule has 0 amide bonds. The molecule has 1 heterocycles. The summed E-state index contributed by atoms with van der Waals surface area (Å²) < 4.78 is 23.6. The number of ether oxygens (including phenoxy) is 2. The monoisotopic (exact) mass is 320 g/mol. The van der Waals surface area contributed by atoms with Crippen molar-refractivity contribution in [3.8, 4) is 6.01 Å². The number of nitrogens with two attached hydrogens (primary N) is 1. The van der Waals surface area contributed by atoms with Crippen molar-refractivity contribution < 1.29 is 18.7 Å². The Morgan fingerprint density at radius 1 is 1.35 bits per heavy atom. The number of anilines is 2. The van der Waals surface area contributed by atoms with Gasteiger partial charge in [-0.15, -0.1) is 0 Å². The lowest BCUT2D eigenvalue weighted by Gasteiger charge is -2.12. The van der Waals surface area contributed by atoms with Crippen LogP contribution in [0, 0.1) is 12.7 Å². The molecule has 0 aliphatic carbocycles. The molecule has 8 heteroatoms. The Labute approximate surface area is 132 Å². The van der Waals surface area contributed by atoms with Crippen molar-refractivity contribution in [2.45, 2.75) is 13.5 Å². The van der Waals surface area contributed by atoms with Crippen LogP contribution in [-0.4, -0.2) is 30.2 Å². The Balaban J connectivity index is 2.18. The lowest BCUT2D eigenvalue weighted by molar-refractivity contribution is 0.0600. The third-order valence-electron chi connectivity index (χ3n) is 3.22. The van der Waals surface area contributed by atoms with Gasteiger partial charge in [-0.05, 0) is 19.1 Å². The van der Waals surface area contributed by atoms with Gasteiger partial charge in [-0.2, -0.15) is 9.97 Å². The van der Waals surface area contributed by atoms with Crippen LogP contribution < -0.4 is 15.8 Å². The lowest BCUT2D eigenvalue weighted by atomic mass is 10.1. The number of benzene rings is 1. The van der Waals surface area contributed by atoms with Crippen LogP contribution in [0.4, 0.5) is 15.9 Å². The molecule has 7 nitrogen and oxygen atoms in total. The molecule has 0 spiro atoms. The molecule has 122 valence electrons. The predicted molar refractivity (Wildman–Crippen MR) is 82.8 cm³/mol. The quantitative estimate of drug-likeness (QED) is 0.812. The molecule has 2 aromatic rings. The summed E-state index contributed by atoms with van der Waals surface area (Å²) in [6, 6.07) is 4.27. The number of methoxy groups -OCH3 is 2. The van der Waals surface area contributed by atoms with Gasteiger partial charge >= 0.3 is 12.0 Å². The van der Waals surface area contributed by atoms with E-state index in [9.17, 15) is 9.18 Å². The number of aromatic nitrogens is 2.